The Bertz CT molecular complexity index is 1060. The summed E-state index contributed by atoms with van der Waals surface area (Å²) in [5.74, 6) is -1.34. The van der Waals surface area contributed by atoms with Crippen LogP contribution in [-0.4, -0.2) is 33.0 Å². The van der Waals surface area contributed by atoms with E-state index in [1.54, 1.807) is 6.08 Å². The van der Waals surface area contributed by atoms with Gasteiger partial charge in [-0.15, -0.1) is 0 Å². The number of carbonyl (C=O) groups excluding carboxylic acids is 1. The number of carbonyl (C=O) groups is 1. The Kier molecular flexibility index (Phi) is 9.55. The molecule has 0 aliphatic heterocycles. The molecule has 2 aromatic carbocycles. The van der Waals surface area contributed by atoms with Gasteiger partial charge in [-0.25, -0.2) is 0 Å². The second kappa shape index (κ2) is 11.5. The molecule has 2 N–H and O–H groups in total. The minimum atomic E-state index is -1.34. The smallest absolute Gasteiger partial charge is 0.550 e. The average molecular weight is 494 g/mol. The molecule has 3 aromatic rings. The van der Waals surface area contributed by atoms with E-state index in [2.05, 4.69) is 46.5 Å². The largest absolute Gasteiger partial charge is 1.00 e. The Morgan fingerprint density at radius 2 is 1.77 bits per heavy atom. The molecule has 3 rings (SSSR count). The van der Waals surface area contributed by atoms with Gasteiger partial charge >= 0.3 is 29.6 Å². The van der Waals surface area contributed by atoms with E-state index in [1.165, 1.54) is 0 Å². The number of halogens is 1. The van der Waals surface area contributed by atoms with Gasteiger partial charge in [-0.2, -0.15) is 0 Å². The minimum absolute atomic E-state index is 0. The summed E-state index contributed by atoms with van der Waals surface area (Å²) in [6, 6.07) is 16.4. The van der Waals surface area contributed by atoms with E-state index in [1.807, 2.05) is 42.5 Å². The Morgan fingerprint density at radius 3 is 2.39 bits per heavy atom. The van der Waals surface area contributed by atoms with Crippen LogP contribution in [0.15, 0.2) is 59.1 Å². The van der Waals surface area contributed by atoms with E-state index in [4.69, 9.17) is 0 Å². The van der Waals surface area contributed by atoms with Gasteiger partial charge in [0, 0.05) is 51.5 Å². The third kappa shape index (κ3) is 6.31. The topological polar surface area (TPSA) is 85.5 Å². The van der Waals surface area contributed by atoms with Gasteiger partial charge in [-0.1, -0.05) is 52.3 Å². The summed E-state index contributed by atoms with van der Waals surface area (Å²) in [4.78, 5) is 10.6. The fourth-order valence-electron chi connectivity index (χ4n) is 3.76. The van der Waals surface area contributed by atoms with Gasteiger partial charge in [0.2, 0.25) is 0 Å². The van der Waals surface area contributed by atoms with Crippen LogP contribution in [0.5, 0.6) is 0 Å². The predicted octanol–water partition coefficient (Wildman–Crippen LogP) is 0.921. The van der Waals surface area contributed by atoms with E-state index in [9.17, 15) is 20.1 Å². The van der Waals surface area contributed by atoms with Crippen molar-refractivity contribution in [2.24, 2.45) is 0 Å². The number of aliphatic hydroxyl groups excluding tert-OH is 2. The van der Waals surface area contributed by atoms with Crippen LogP contribution in [0.4, 0.5) is 0 Å². The van der Waals surface area contributed by atoms with Gasteiger partial charge in [-0.3, -0.25) is 0 Å². The van der Waals surface area contributed by atoms with Crippen molar-refractivity contribution in [3.05, 3.63) is 64.8 Å². The Balaban J connectivity index is 0.00000341. The number of aromatic nitrogens is 1. The van der Waals surface area contributed by atoms with Crippen molar-refractivity contribution >= 4 is 38.9 Å². The number of carboxylic acid groups (broad SMARTS) is 1. The second-order valence-electron chi connectivity index (χ2n) is 7.64. The zero-order valence-electron chi connectivity index (χ0n) is 18.0. The van der Waals surface area contributed by atoms with Crippen molar-refractivity contribution in [1.82, 2.24) is 4.57 Å². The first-order chi connectivity index (χ1) is 14.3. The molecule has 0 bridgehead atoms. The number of aliphatic carboxylic acids is 1. The standard InChI is InChI=1S/C24H26BrNO4.Na/c1-15(2)26-21-6-4-3-5-20(21)24(16-7-9-17(25)10-8-16)22(26)12-11-18(27)13-19(28)14-23(29)30;/h3-12,15,18-19,27-28H,13-14H2,1-2H3,(H,29,30);/q;+1/p-1/b12-11+;/t18-,19-;/m1./s1. The third-order valence-electron chi connectivity index (χ3n) is 4.99. The van der Waals surface area contributed by atoms with E-state index in [0.717, 1.165) is 32.2 Å². The zero-order valence-corrected chi connectivity index (χ0v) is 21.5. The molecular formula is C24H25BrNNaO4. The molecule has 1 aromatic heterocycles. The molecule has 0 amide bonds. The summed E-state index contributed by atoms with van der Waals surface area (Å²) < 4.78 is 3.21. The van der Waals surface area contributed by atoms with Crippen LogP contribution >= 0.6 is 15.9 Å². The number of para-hydroxylation sites is 1. The number of nitrogens with zero attached hydrogens (tertiary/aromatic N) is 1. The molecule has 0 fully saturated rings. The van der Waals surface area contributed by atoms with Crippen LogP contribution in [0.2, 0.25) is 0 Å². The zero-order chi connectivity index (χ0) is 21.8. The summed E-state index contributed by atoms with van der Waals surface area (Å²) in [6.45, 7) is 4.21. The predicted molar refractivity (Wildman–Crippen MR) is 121 cm³/mol. The SMILES string of the molecule is CC(C)n1c(/C=C/[C@@H](O)C[C@@H](O)CC(=O)[O-])c(-c2ccc(Br)cc2)c2ccccc21.[Na+]. The van der Waals surface area contributed by atoms with Crippen molar-refractivity contribution in [3.63, 3.8) is 0 Å². The first kappa shape index (κ1) is 25.8. The Morgan fingerprint density at radius 1 is 1.13 bits per heavy atom. The molecule has 0 spiro atoms. The molecule has 0 aliphatic carbocycles. The molecule has 0 saturated heterocycles. The number of fused-ring (bicyclic) bond motifs is 1. The van der Waals surface area contributed by atoms with Crippen molar-refractivity contribution in [1.29, 1.82) is 0 Å². The normalized spacial score (nSPS) is 13.5. The molecule has 1 heterocycles. The maximum absolute atomic E-state index is 10.6. The van der Waals surface area contributed by atoms with Gasteiger partial charge in [0.25, 0.3) is 0 Å². The summed E-state index contributed by atoms with van der Waals surface area (Å²) >= 11 is 3.48. The van der Waals surface area contributed by atoms with Gasteiger partial charge in [-0.05, 0) is 43.7 Å². The molecule has 7 heteroatoms. The van der Waals surface area contributed by atoms with E-state index >= 15 is 0 Å². The summed E-state index contributed by atoms with van der Waals surface area (Å²) in [5.41, 5.74) is 4.16. The van der Waals surface area contributed by atoms with Crippen molar-refractivity contribution in [2.75, 3.05) is 0 Å². The molecule has 0 unspecified atom stereocenters. The molecule has 0 saturated carbocycles. The number of hydrogen-bond acceptors (Lipinski definition) is 4. The van der Waals surface area contributed by atoms with Crippen LogP contribution in [0.3, 0.4) is 0 Å². The van der Waals surface area contributed by atoms with Crippen LogP contribution in [0.25, 0.3) is 28.1 Å². The molecule has 0 aliphatic rings. The monoisotopic (exact) mass is 493 g/mol. The quantitative estimate of drug-likeness (QED) is 0.457. The maximum atomic E-state index is 10.6. The van der Waals surface area contributed by atoms with Crippen LogP contribution < -0.4 is 34.7 Å². The average Bonchev–Trinajstić information content (AvgIpc) is 3.00. The van der Waals surface area contributed by atoms with E-state index in [-0.39, 0.29) is 42.0 Å². The first-order valence-electron chi connectivity index (χ1n) is 9.91. The molecule has 158 valence electrons. The molecule has 0 radical (unpaired) electrons. The number of aliphatic hydroxyl groups is 2. The summed E-state index contributed by atoms with van der Waals surface area (Å²) in [6.07, 6.45) is 0.760. The van der Waals surface area contributed by atoms with Gasteiger partial charge in [0.15, 0.2) is 0 Å². The summed E-state index contributed by atoms with van der Waals surface area (Å²) in [5, 5.41) is 31.8. The second-order valence-corrected chi connectivity index (χ2v) is 8.56. The number of rotatable bonds is 8. The van der Waals surface area contributed by atoms with Gasteiger partial charge < -0.3 is 24.7 Å². The fraction of sp³-hybridized carbons (Fsp3) is 0.292. The number of hydrogen-bond donors (Lipinski definition) is 2. The minimum Gasteiger partial charge on any atom is -0.550 e. The van der Waals surface area contributed by atoms with Gasteiger partial charge in [0.1, 0.15) is 0 Å². The molecule has 31 heavy (non-hydrogen) atoms. The molecular weight excluding hydrogens is 469 g/mol. The summed E-state index contributed by atoms with van der Waals surface area (Å²) in [7, 11) is 0. The van der Waals surface area contributed by atoms with Crippen LogP contribution in [0.1, 0.15) is 38.4 Å². The van der Waals surface area contributed by atoms with Crippen LogP contribution in [0, 0.1) is 0 Å². The number of carboxylic acids is 1. The molecule has 2 atom stereocenters. The van der Waals surface area contributed by atoms with Crippen molar-refractivity contribution < 1.29 is 49.7 Å². The van der Waals surface area contributed by atoms with E-state index < -0.39 is 24.6 Å². The Hall–Kier alpha value is -1.41. The molecule has 5 nitrogen and oxygen atoms in total. The first-order valence-corrected chi connectivity index (χ1v) is 10.7. The van der Waals surface area contributed by atoms with Crippen LogP contribution in [-0.2, 0) is 4.79 Å². The van der Waals surface area contributed by atoms with Gasteiger partial charge in [0.05, 0.1) is 12.2 Å². The van der Waals surface area contributed by atoms with Crippen molar-refractivity contribution in [2.45, 2.75) is 44.9 Å². The number of benzene rings is 2. The third-order valence-corrected chi connectivity index (χ3v) is 5.52. The Labute approximate surface area is 212 Å². The van der Waals surface area contributed by atoms with Crippen molar-refractivity contribution in [3.8, 4) is 11.1 Å². The maximum Gasteiger partial charge on any atom is 1.00 e. The fourth-order valence-corrected chi connectivity index (χ4v) is 4.02. The van der Waals surface area contributed by atoms with E-state index in [0.29, 0.717) is 0 Å².